The SMILES string of the molecule is C=CCOC1OCC2CC(n3cnc4c(N)ncnc43)C=C21. The maximum atomic E-state index is 5.85. The lowest BCUT2D eigenvalue weighted by molar-refractivity contribution is -0.0847. The van der Waals surface area contributed by atoms with Crippen LogP contribution in [0.3, 0.4) is 0 Å². The average molecular weight is 299 g/mol. The molecule has 0 radical (unpaired) electrons. The molecule has 1 aliphatic heterocycles. The van der Waals surface area contributed by atoms with Gasteiger partial charge in [0.05, 0.1) is 25.6 Å². The van der Waals surface area contributed by atoms with Gasteiger partial charge in [-0.15, -0.1) is 6.58 Å². The summed E-state index contributed by atoms with van der Waals surface area (Å²) in [6, 6.07) is 0.193. The average Bonchev–Trinajstić information content (AvgIpc) is 3.19. The summed E-state index contributed by atoms with van der Waals surface area (Å²) in [6.07, 6.45) is 7.87. The van der Waals surface area contributed by atoms with Crippen LogP contribution in [0.2, 0.25) is 0 Å². The molecule has 114 valence electrons. The second-order valence-corrected chi connectivity index (χ2v) is 5.54. The van der Waals surface area contributed by atoms with Gasteiger partial charge in [-0.2, -0.15) is 0 Å². The molecule has 1 saturated heterocycles. The van der Waals surface area contributed by atoms with E-state index in [0.717, 1.165) is 12.1 Å². The lowest BCUT2D eigenvalue weighted by atomic mass is 10.0. The Morgan fingerprint density at radius 3 is 3.23 bits per heavy atom. The van der Waals surface area contributed by atoms with Crippen molar-refractivity contribution in [1.29, 1.82) is 0 Å². The minimum Gasteiger partial charge on any atom is -0.382 e. The van der Waals surface area contributed by atoms with Gasteiger partial charge in [-0.1, -0.05) is 12.2 Å². The molecule has 2 aliphatic rings. The molecule has 3 heterocycles. The van der Waals surface area contributed by atoms with E-state index in [0.29, 0.717) is 30.5 Å². The largest absolute Gasteiger partial charge is 0.382 e. The molecule has 0 saturated carbocycles. The molecule has 3 unspecified atom stereocenters. The summed E-state index contributed by atoms with van der Waals surface area (Å²) < 4.78 is 13.4. The van der Waals surface area contributed by atoms with E-state index < -0.39 is 0 Å². The number of allylic oxidation sites excluding steroid dienone is 1. The summed E-state index contributed by atoms with van der Waals surface area (Å²) in [7, 11) is 0. The van der Waals surface area contributed by atoms with Gasteiger partial charge in [0, 0.05) is 5.92 Å². The van der Waals surface area contributed by atoms with Crippen LogP contribution in [0.15, 0.2) is 37.0 Å². The van der Waals surface area contributed by atoms with Crippen molar-refractivity contribution < 1.29 is 9.47 Å². The molecule has 3 atom stereocenters. The van der Waals surface area contributed by atoms with Crippen LogP contribution < -0.4 is 5.73 Å². The third-order valence-corrected chi connectivity index (χ3v) is 4.21. The molecular formula is C15H17N5O2. The van der Waals surface area contributed by atoms with Crippen LogP contribution in [-0.4, -0.2) is 39.0 Å². The van der Waals surface area contributed by atoms with E-state index in [4.69, 9.17) is 15.2 Å². The second-order valence-electron chi connectivity index (χ2n) is 5.54. The fourth-order valence-electron chi connectivity index (χ4n) is 3.20. The topological polar surface area (TPSA) is 88.1 Å². The summed E-state index contributed by atoms with van der Waals surface area (Å²) in [5.74, 6) is 0.793. The van der Waals surface area contributed by atoms with Gasteiger partial charge in [-0.25, -0.2) is 15.0 Å². The first-order valence-corrected chi connectivity index (χ1v) is 7.26. The monoisotopic (exact) mass is 299 g/mol. The minimum absolute atomic E-state index is 0.193. The first-order chi connectivity index (χ1) is 10.8. The number of fused-ring (bicyclic) bond motifs is 2. The van der Waals surface area contributed by atoms with Gasteiger partial charge in [0.25, 0.3) is 0 Å². The minimum atomic E-state index is -0.262. The summed E-state index contributed by atoms with van der Waals surface area (Å²) in [6.45, 7) is 4.84. The van der Waals surface area contributed by atoms with E-state index >= 15 is 0 Å². The van der Waals surface area contributed by atoms with E-state index in [9.17, 15) is 0 Å². The van der Waals surface area contributed by atoms with Crippen LogP contribution in [-0.2, 0) is 9.47 Å². The molecule has 0 bridgehead atoms. The zero-order valence-corrected chi connectivity index (χ0v) is 12.1. The Kier molecular flexibility index (Phi) is 3.16. The Bertz CT molecular complexity index is 753. The fourth-order valence-corrected chi connectivity index (χ4v) is 3.20. The van der Waals surface area contributed by atoms with E-state index in [1.165, 1.54) is 11.9 Å². The van der Waals surface area contributed by atoms with Crippen LogP contribution >= 0.6 is 0 Å². The summed E-state index contributed by atoms with van der Waals surface area (Å²) in [4.78, 5) is 12.6. The van der Waals surface area contributed by atoms with E-state index in [2.05, 4.69) is 27.6 Å². The Morgan fingerprint density at radius 2 is 2.36 bits per heavy atom. The van der Waals surface area contributed by atoms with Crippen molar-refractivity contribution in [3.8, 4) is 0 Å². The van der Waals surface area contributed by atoms with Crippen molar-refractivity contribution in [2.24, 2.45) is 5.92 Å². The van der Waals surface area contributed by atoms with E-state index in [1.807, 2.05) is 4.57 Å². The first-order valence-electron chi connectivity index (χ1n) is 7.26. The van der Waals surface area contributed by atoms with Gasteiger partial charge < -0.3 is 19.8 Å². The van der Waals surface area contributed by atoms with Gasteiger partial charge in [-0.3, -0.25) is 0 Å². The predicted octanol–water partition coefficient (Wildman–Crippen LogP) is 1.45. The van der Waals surface area contributed by atoms with Crippen LogP contribution in [0, 0.1) is 5.92 Å². The Hall–Kier alpha value is -2.25. The van der Waals surface area contributed by atoms with Crippen molar-refractivity contribution in [2.45, 2.75) is 18.8 Å². The number of nitrogen functional groups attached to an aromatic ring is 1. The first kappa shape index (κ1) is 13.4. The van der Waals surface area contributed by atoms with Crippen LogP contribution in [0.25, 0.3) is 11.2 Å². The summed E-state index contributed by atoms with van der Waals surface area (Å²) in [5.41, 5.74) is 8.46. The third-order valence-electron chi connectivity index (χ3n) is 4.21. The molecule has 1 fully saturated rings. The zero-order chi connectivity index (χ0) is 15.1. The highest BCUT2D eigenvalue weighted by Crippen LogP contribution is 2.42. The molecule has 2 N–H and O–H groups in total. The highest BCUT2D eigenvalue weighted by atomic mass is 16.7. The van der Waals surface area contributed by atoms with Gasteiger partial charge in [0.15, 0.2) is 17.8 Å². The molecule has 0 spiro atoms. The lowest BCUT2D eigenvalue weighted by Gasteiger charge is -2.13. The molecule has 2 aromatic rings. The van der Waals surface area contributed by atoms with Crippen molar-refractivity contribution in [3.05, 3.63) is 37.0 Å². The standard InChI is InChI=1S/C15H17N5O2/c1-2-3-21-15-11-5-10(4-9(11)6-22-15)20-8-19-12-13(16)17-7-18-14(12)20/h2,5,7-10,15H,1,3-4,6H2,(H2,16,17,18). The fraction of sp³-hybridized carbons (Fsp3) is 0.400. The molecule has 7 heteroatoms. The molecule has 7 nitrogen and oxygen atoms in total. The summed E-state index contributed by atoms with van der Waals surface area (Å²) >= 11 is 0. The maximum absolute atomic E-state index is 5.85. The molecule has 22 heavy (non-hydrogen) atoms. The number of hydrogen-bond acceptors (Lipinski definition) is 6. The van der Waals surface area contributed by atoms with Gasteiger partial charge >= 0.3 is 0 Å². The van der Waals surface area contributed by atoms with Crippen LogP contribution in [0.5, 0.6) is 0 Å². The number of hydrogen-bond donors (Lipinski definition) is 1. The number of nitrogens with zero attached hydrogens (tertiary/aromatic N) is 4. The highest BCUT2D eigenvalue weighted by Gasteiger charge is 2.39. The van der Waals surface area contributed by atoms with E-state index in [1.54, 1.807) is 12.4 Å². The Balaban J connectivity index is 1.65. The molecular weight excluding hydrogens is 282 g/mol. The quantitative estimate of drug-likeness (QED) is 0.860. The summed E-state index contributed by atoms with van der Waals surface area (Å²) in [5, 5.41) is 0. The highest BCUT2D eigenvalue weighted by molar-refractivity contribution is 5.81. The number of nitrogens with two attached hydrogens (primary N) is 1. The molecule has 0 amide bonds. The number of imidazole rings is 1. The molecule has 2 aromatic heterocycles. The second kappa shape index (κ2) is 5.19. The molecule has 0 aromatic carbocycles. The maximum Gasteiger partial charge on any atom is 0.180 e. The van der Waals surface area contributed by atoms with Crippen molar-refractivity contribution >= 4 is 17.0 Å². The number of ether oxygens (including phenoxy) is 2. The van der Waals surface area contributed by atoms with Crippen LogP contribution in [0.4, 0.5) is 5.82 Å². The number of anilines is 1. The van der Waals surface area contributed by atoms with Crippen molar-refractivity contribution in [3.63, 3.8) is 0 Å². The Labute approximate surface area is 127 Å². The van der Waals surface area contributed by atoms with Gasteiger partial charge in [0.2, 0.25) is 0 Å². The van der Waals surface area contributed by atoms with Crippen LogP contribution in [0.1, 0.15) is 12.5 Å². The van der Waals surface area contributed by atoms with Gasteiger partial charge in [-0.05, 0) is 12.0 Å². The van der Waals surface area contributed by atoms with Gasteiger partial charge in [0.1, 0.15) is 11.8 Å². The number of rotatable bonds is 4. The predicted molar refractivity (Wildman–Crippen MR) is 80.9 cm³/mol. The lowest BCUT2D eigenvalue weighted by Crippen LogP contribution is -2.13. The van der Waals surface area contributed by atoms with Crippen molar-refractivity contribution in [2.75, 3.05) is 18.9 Å². The normalized spacial score (nSPS) is 27.1. The number of aromatic nitrogens is 4. The Morgan fingerprint density at radius 1 is 1.45 bits per heavy atom. The van der Waals surface area contributed by atoms with Crippen molar-refractivity contribution in [1.82, 2.24) is 19.5 Å². The van der Waals surface area contributed by atoms with E-state index in [-0.39, 0.29) is 12.3 Å². The molecule has 4 rings (SSSR count). The zero-order valence-electron chi connectivity index (χ0n) is 12.1. The smallest absolute Gasteiger partial charge is 0.180 e. The molecule has 1 aliphatic carbocycles. The third kappa shape index (κ3) is 2.01.